The Kier molecular flexibility index (Phi) is 8.20. The van der Waals surface area contributed by atoms with Crippen LogP contribution in [-0.4, -0.2) is 36.6 Å². The van der Waals surface area contributed by atoms with Crippen molar-refractivity contribution in [3.8, 4) is 6.07 Å². The summed E-state index contributed by atoms with van der Waals surface area (Å²) in [7, 11) is 2.19. The Balaban J connectivity index is 4.01. The van der Waals surface area contributed by atoms with Gasteiger partial charge < -0.3 is 4.90 Å². The van der Waals surface area contributed by atoms with Crippen molar-refractivity contribution < 1.29 is 0 Å². The summed E-state index contributed by atoms with van der Waals surface area (Å²) in [5.74, 6) is 0. The molecule has 3 nitrogen and oxygen atoms in total. The van der Waals surface area contributed by atoms with Crippen LogP contribution in [0.2, 0.25) is 0 Å². The molecule has 0 saturated carbocycles. The highest BCUT2D eigenvalue weighted by molar-refractivity contribution is 5.03. The molecule has 3 heteroatoms. The minimum atomic E-state index is -0.358. The molecule has 0 aromatic carbocycles. The molecular formula is C14H29N3. The van der Waals surface area contributed by atoms with E-state index in [1.165, 1.54) is 12.8 Å². The van der Waals surface area contributed by atoms with E-state index < -0.39 is 0 Å². The van der Waals surface area contributed by atoms with Crippen molar-refractivity contribution in [3.05, 3.63) is 0 Å². The molecule has 1 atom stereocenters. The summed E-state index contributed by atoms with van der Waals surface area (Å²) >= 11 is 0. The number of nitriles is 1. The molecule has 0 aromatic heterocycles. The average molecular weight is 239 g/mol. The fourth-order valence-corrected chi connectivity index (χ4v) is 2.35. The largest absolute Gasteiger partial charge is 0.303 e. The maximum Gasteiger partial charge on any atom is 0.103 e. The smallest absolute Gasteiger partial charge is 0.103 e. The van der Waals surface area contributed by atoms with Crippen LogP contribution in [0, 0.1) is 11.3 Å². The zero-order valence-corrected chi connectivity index (χ0v) is 12.2. The third-order valence-electron chi connectivity index (χ3n) is 3.57. The molecule has 0 bridgehead atoms. The van der Waals surface area contributed by atoms with E-state index >= 15 is 0 Å². The van der Waals surface area contributed by atoms with Gasteiger partial charge in [0, 0.05) is 6.04 Å². The average Bonchev–Trinajstić information content (AvgIpc) is 2.31. The molecule has 0 aliphatic heterocycles. The highest BCUT2D eigenvalue weighted by Crippen LogP contribution is 2.13. The fourth-order valence-electron chi connectivity index (χ4n) is 2.35. The Morgan fingerprint density at radius 2 is 1.88 bits per heavy atom. The van der Waals surface area contributed by atoms with E-state index in [1.54, 1.807) is 0 Å². The molecule has 17 heavy (non-hydrogen) atoms. The summed E-state index contributed by atoms with van der Waals surface area (Å²) in [4.78, 5) is 2.42. The number of rotatable bonds is 9. The lowest BCUT2D eigenvalue weighted by Gasteiger charge is -2.28. The van der Waals surface area contributed by atoms with E-state index in [-0.39, 0.29) is 5.54 Å². The molecule has 100 valence electrons. The second-order valence-corrected chi connectivity index (χ2v) is 5.03. The van der Waals surface area contributed by atoms with Crippen LogP contribution in [0.4, 0.5) is 0 Å². The van der Waals surface area contributed by atoms with E-state index in [1.807, 2.05) is 13.8 Å². The summed E-state index contributed by atoms with van der Waals surface area (Å²) in [6, 6.07) is 3.06. The molecule has 0 amide bonds. The zero-order valence-electron chi connectivity index (χ0n) is 12.2. The van der Waals surface area contributed by atoms with Gasteiger partial charge in [0.2, 0.25) is 0 Å². The van der Waals surface area contributed by atoms with Crippen molar-refractivity contribution in [1.29, 1.82) is 5.26 Å². The summed E-state index contributed by atoms with van der Waals surface area (Å²) in [5, 5.41) is 12.4. The van der Waals surface area contributed by atoms with Gasteiger partial charge in [0.1, 0.15) is 5.54 Å². The van der Waals surface area contributed by atoms with Gasteiger partial charge in [-0.2, -0.15) is 5.26 Å². The Bertz CT molecular complexity index is 230. The van der Waals surface area contributed by atoms with Crippen molar-refractivity contribution in [2.75, 3.05) is 20.1 Å². The van der Waals surface area contributed by atoms with Crippen LogP contribution in [0.5, 0.6) is 0 Å². The van der Waals surface area contributed by atoms with Crippen LogP contribution in [0.1, 0.15) is 53.4 Å². The highest BCUT2D eigenvalue weighted by atomic mass is 15.1. The molecule has 0 fully saturated rings. The third kappa shape index (κ3) is 6.05. The lowest BCUT2D eigenvalue weighted by Crippen LogP contribution is -2.41. The van der Waals surface area contributed by atoms with Crippen molar-refractivity contribution in [2.24, 2.45) is 0 Å². The number of nitrogens with zero attached hydrogens (tertiary/aromatic N) is 2. The summed E-state index contributed by atoms with van der Waals surface area (Å²) in [6.45, 7) is 10.5. The molecule has 0 spiro atoms. The third-order valence-corrected chi connectivity index (χ3v) is 3.57. The van der Waals surface area contributed by atoms with E-state index in [0.29, 0.717) is 6.04 Å². The van der Waals surface area contributed by atoms with E-state index in [2.05, 4.69) is 37.2 Å². The molecule has 1 unspecified atom stereocenters. The first-order valence-corrected chi connectivity index (χ1v) is 6.89. The number of hydrogen-bond donors (Lipinski definition) is 1. The molecule has 1 N–H and O–H groups in total. The molecule has 0 rings (SSSR count). The second kappa shape index (κ2) is 8.49. The maximum atomic E-state index is 9.16. The second-order valence-electron chi connectivity index (χ2n) is 5.03. The van der Waals surface area contributed by atoms with Crippen molar-refractivity contribution in [1.82, 2.24) is 10.2 Å². The number of hydrogen-bond acceptors (Lipinski definition) is 3. The highest BCUT2D eigenvalue weighted by Gasteiger charge is 2.22. The molecule has 0 aromatic rings. The van der Waals surface area contributed by atoms with E-state index in [0.717, 1.165) is 25.9 Å². The van der Waals surface area contributed by atoms with Gasteiger partial charge in [-0.1, -0.05) is 20.8 Å². The summed E-state index contributed by atoms with van der Waals surface area (Å²) < 4.78 is 0. The van der Waals surface area contributed by atoms with Gasteiger partial charge >= 0.3 is 0 Å². The topological polar surface area (TPSA) is 39.1 Å². The van der Waals surface area contributed by atoms with Gasteiger partial charge in [-0.25, -0.2) is 0 Å². The lowest BCUT2D eigenvalue weighted by molar-refractivity contribution is 0.219. The fraction of sp³-hybridized carbons (Fsp3) is 0.929. The van der Waals surface area contributed by atoms with E-state index in [4.69, 9.17) is 5.26 Å². The van der Waals surface area contributed by atoms with Crippen molar-refractivity contribution >= 4 is 0 Å². The Morgan fingerprint density at radius 3 is 2.29 bits per heavy atom. The monoisotopic (exact) mass is 239 g/mol. The van der Waals surface area contributed by atoms with Gasteiger partial charge in [-0.3, -0.25) is 5.32 Å². The van der Waals surface area contributed by atoms with Gasteiger partial charge in [-0.15, -0.1) is 0 Å². The molecular weight excluding hydrogens is 210 g/mol. The maximum absolute atomic E-state index is 9.16. The standard InChI is InChI=1S/C14H29N3/c1-6-13(7-2)17(5)11-9-10-14(4,12-15)16-8-3/h13,16H,6-11H2,1-5H3. The summed E-state index contributed by atoms with van der Waals surface area (Å²) in [5.41, 5.74) is -0.358. The van der Waals surface area contributed by atoms with Crippen LogP contribution >= 0.6 is 0 Å². The van der Waals surface area contributed by atoms with Gasteiger partial charge in [-0.05, 0) is 52.7 Å². The van der Waals surface area contributed by atoms with Crippen molar-refractivity contribution in [2.45, 2.75) is 65.0 Å². The quantitative estimate of drug-likeness (QED) is 0.672. The van der Waals surface area contributed by atoms with Gasteiger partial charge in [0.15, 0.2) is 0 Å². The van der Waals surface area contributed by atoms with Gasteiger partial charge in [0.05, 0.1) is 6.07 Å². The Morgan fingerprint density at radius 1 is 1.29 bits per heavy atom. The first kappa shape index (κ1) is 16.4. The van der Waals surface area contributed by atoms with Crippen LogP contribution in [0.25, 0.3) is 0 Å². The van der Waals surface area contributed by atoms with Crippen LogP contribution in [0.15, 0.2) is 0 Å². The predicted molar refractivity (Wildman–Crippen MR) is 73.9 cm³/mol. The molecule has 0 heterocycles. The normalized spacial score (nSPS) is 14.9. The SMILES string of the molecule is CCNC(C)(C#N)CCCN(C)C(CC)CC. The molecule has 0 saturated heterocycles. The van der Waals surface area contributed by atoms with E-state index in [9.17, 15) is 0 Å². The van der Waals surface area contributed by atoms with Crippen LogP contribution in [0.3, 0.4) is 0 Å². The number of nitrogens with one attached hydrogen (secondary N) is 1. The Labute approximate surface area is 107 Å². The van der Waals surface area contributed by atoms with Gasteiger partial charge in [0.25, 0.3) is 0 Å². The van der Waals surface area contributed by atoms with Crippen LogP contribution < -0.4 is 5.32 Å². The van der Waals surface area contributed by atoms with Crippen molar-refractivity contribution in [3.63, 3.8) is 0 Å². The molecule has 0 aliphatic rings. The predicted octanol–water partition coefficient (Wildman–Crippen LogP) is 2.78. The minimum Gasteiger partial charge on any atom is -0.303 e. The van der Waals surface area contributed by atoms with Crippen LogP contribution in [-0.2, 0) is 0 Å². The Hall–Kier alpha value is -0.590. The molecule has 0 radical (unpaired) electrons. The first-order chi connectivity index (χ1) is 8.02. The zero-order chi connectivity index (χ0) is 13.3. The lowest BCUT2D eigenvalue weighted by atomic mass is 9.97. The first-order valence-electron chi connectivity index (χ1n) is 6.89. The summed E-state index contributed by atoms with van der Waals surface area (Å²) in [6.07, 6.45) is 4.40. The molecule has 0 aliphatic carbocycles. The minimum absolute atomic E-state index is 0.358.